The molecule has 1 aliphatic heterocycles. The maximum atomic E-state index is 12.9. The fourth-order valence-corrected chi connectivity index (χ4v) is 3.92. The van der Waals surface area contributed by atoms with Crippen LogP contribution >= 0.6 is 0 Å². The van der Waals surface area contributed by atoms with Crippen LogP contribution in [0.2, 0.25) is 0 Å². The molecule has 2 N–H and O–H groups in total. The number of carbonyl (C=O) groups is 1. The van der Waals surface area contributed by atoms with Gasteiger partial charge in [0, 0.05) is 37.1 Å². The second-order valence-corrected chi connectivity index (χ2v) is 7.46. The van der Waals surface area contributed by atoms with Gasteiger partial charge < -0.3 is 20.1 Å². The first-order valence-electron chi connectivity index (χ1n) is 9.89. The van der Waals surface area contributed by atoms with E-state index in [1.165, 1.54) is 12.8 Å². The third-order valence-electron chi connectivity index (χ3n) is 5.50. The van der Waals surface area contributed by atoms with E-state index in [0.717, 1.165) is 35.5 Å². The van der Waals surface area contributed by atoms with Crippen molar-refractivity contribution in [1.82, 2.24) is 4.90 Å². The molecule has 28 heavy (non-hydrogen) atoms. The molecule has 1 saturated carbocycles. The smallest absolute Gasteiger partial charge is 0.324 e. The molecule has 1 aliphatic carbocycles. The first-order chi connectivity index (χ1) is 13.6. The van der Waals surface area contributed by atoms with E-state index in [0.29, 0.717) is 25.4 Å². The number of rotatable bonds is 6. The van der Waals surface area contributed by atoms with Crippen LogP contribution in [0, 0.1) is 0 Å². The summed E-state index contributed by atoms with van der Waals surface area (Å²) in [7, 11) is 1.64. The molecule has 1 saturated heterocycles. The summed E-state index contributed by atoms with van der Waals surface area (Å²) in [4.78, 5) is 16.6. The van der Waals surface area contributed by atoms with Gasteiger partial charge in [0.1, 0.15) is 0 Å². The highest BCUT2D eigenvalue weighted by Gasteiger charge is 2.30. The highest BCUT2D eigenvalue weighted by Crippen LogP contribution is 2.36. The molecule has 2 fully saturated rings. The van der Waals surface area contributed by atoms with E-state index in [2.05, 4.69) is 0 Å². The lowest BCUT2D eigenvalue weighted by atomic mass is 10.2. The maximum absolute atomic E-state index is 12.9. The maximum Gasteiger partial charge on any atom is 0.324 e. The van der Waals surface area contributed by atoms with Crippen LogP contribution in [0.3, 0.4) is 0 Å². The fourth-order valence-electron chi connectivity index (χ4n) is 3.92. The van der Waals surface area contributed by atoms with Crippen molar-refractivity contribution >= 4 is 17.4 Å². The molecule has 2 amide bonds. The van der Waals surface area contributed by atoms with Gasteiger partial charge in [0.2, 0.25) is 0 Å². The SMILES string of the molecule is COc1ccc(N2CCN(Cc3ccc(N)cc3)C2=O)cc1OC1CCCC1. The molecule has 0 bridgehead atoms. The van der Waals surface area contributed by atoms with Gasteiger partial charge in [0.05, 0.1) is 13.2 Å². The second-order valence-electron chi connectivity index (χ2n) is 7.46. The lowest BCUT2D eigenvalue weighted by molar-refractivity contribution is 0.201. The van der Waals surface area contributed by atoms with Crippen LogP contribution in [0.4, 0.5) is 16.2 Å². The quantitative estimate of drug-likeness (QED) is 0.767. The van der Waals surface area contributed by atoms with Gasteiger partial charge in [-0.2, -0.15) is 0 Å². The van der Waals surface area contributed by atoms with Gasteiger partial charge in [0.15, 0.2) is 11.5 Å². The van der Waals surface area contributed by atoms with Crippen molar-refractivity contribution in [3.05, 3.63) is 48.0 Å². The summed E-state index contributed by atoms with van der Waals surface area (Å²) in [6.45, 7) is 1.92. The average Bonchev–Trinajstić information content (AvgIpc) is 3.34. The lowest BCUT2D eigenvalue weighted by Crippen LogP contribution is -2.31. The van der Waals surface area contributed by atoms with Crippen molar-refractivity contribution in [3.8, 4) is 11.5 Å². The number of ether oxygens (including phenoxy) is 2. The van der Waals surface area contributed by atoms with Crippen molar-refractivity contribution in [2.75, 3.05) is 30.8 Å². The summed E-state index contributed by atoms with van der Waals surface area (Å²) in [5.74, 6) is 1.43. The summed E-state index contributed by atoms with van der Waals surface area (Å²) in [5, 5.41) is 0. The normalized spacial score (nSPS) is 17.4. The predicted octanol–water partition coefficient (Wildman–Crippen LogP) is 4.04. The van der Waals surface area contributed by atoms with Crippen LogP contribution in [-0.2, 0) is 6.54 Å². The van der Waals surface area contributed by atoms with E-state index in [1.54, 1.807) is 12.0 Å². The Morgan fingerprint density at radius 1 is 1.04 bits per heavy atom. The molecular weight excluding hydrogens is 354 g/mol. The number of hydrogen-bond donors (Lipinski definition) is 1. The number of methoxy groups -OCH3 is 1. The molecule has 6 heteroatoms. The summed E-state index contributed by atoms with van der Waals surface area (Å²) in [6, 6.07) is 13.4. The zero-order chi connectivity index (χ0) is 19.5. The average molecular weight is 381 g/mol. The first kappa shape index (κ1) is 18.5. The first-order valence-corrected chi connectivity index (χ1v) is 9.89. The van der Waals surface area contributed by atoms with E-state index in [9.17, 15) is 4.79 Å². The number of amides is 2. The van der Waals surface area contributed by atoms with Gasteiger partial charge in [-0.1, -0.05) is 12.1 Å². The third-order valence-corrected chi connectivity index (χ3v) is 5.50. The van der Waals surface area contributed by atoms with Gasteiger partial charge in [-0.15, -0.1) is 0 Å². The van der Waals surface area contributed by atoms with Gasteiger partial charge in [-0.05, 0) is 55.5 Å². The summed E-state index contributed by atoms with van der Waals surface area (Å²) in [5.41, 5.74) is 8.39. The predicted molar refractivity (Wildman–Crippen MR) is 110 cm³/mol. The number of anilines is 2. The van der Waals surface area contributed by atoms with Crippen molar-refractivity contribution in [2.24, 2.45) is 0 Å². The number of urea groups is 1. The van der Waals surface area contributed by atoms with Crippen LogP contribution in [0.5, 0.6) is 11.5 Å². The Bertz CT molecular complexity index is 831. The zero-order valence-electron chi connectivity index (χ0n) is 16.3. The van der Waals surface area contributed by atoms with Crippen LogP contribution in [0.25, 0.3) is 0 Å². The molecule has 4 rings (SSSR count). The number of nitrogen functional groups attached to an aromatic ring is 1. The lowest BCUT2D eigenvalue weighted by Gasteiger charge is -2.21. The molecule has 2 aromatic carbocycles. The van der Waals surface area contributed by atoms with E-state index >= 15 is 0 Å². The van der Waals surface area contributed by atoms with Crippen molar-refractivity contribution in [3.63, 3.8) is 0 Å². The van der Waals surface area contributed by atoms with Gasteiger partial charge in [0.25, 0.3) is 0 Å². The van der Waals surface area contributed by atoms with E-state index < -0.39 is 0 Å². The van der Waals surface area contributed by atoms with Gasteiger partial charge in [-0.25, -0.2) is 4.79 Å². The molecule has 0 aromatic heterocycles. The minimum Gasteiger partial charge on any atom is -0.493 e. The van der Waals surface area contributed by atoms with Gasteiger partial charge in [-0.3, -0.25) is 4.90 Å². The molecule has 2 aromatic rings. The molecule has 148 valence electrons. The fraction of sp³-hybridized carbons (Fsp3) is 0.409. The highest BCUT2D eigenvalue weighted by molar-refractivity contribution is 5.94. The monoisotopic (exact) mass is 381 g/mol. The minimum absolute atomic E-state index is 0.00816. The highest BCUT2D eigenvalue weighted by atomic mass is 16.5. The summed E-state index contributed by atoms with van der Waals surface area (Å²) < 4.78 is 11.6. The van der Waals surface area contributed by atoms with Crippen LogP contribution in [0.15, 0.2) is 42.5 Å². The summed E-state index contributed by atoms with van der Waals surface area (Å²) >= 11 is 0. The molecule has 0 unspecified atom stereocenters. The molecule has 0 spiro atoms. The van der Waals surface area contributed by atoms with E-state index in [4.69, 9.17) is 15.2 Å². The molecule has 0 atom stereocenters. The summed E-state index contributed by atoms with van der Waals surface area (Å²) in [6.07, 6.45) is 4.80. The topological polar surface area (TPSA) is 68.0 Å². The Hall–Kier alpha value is -2.89. The largest absolute Gasteiger partial charge is 0.493 e. The Morgan fingerprint density at radius 2 is 1.79 bits per heavy atom. The minimum atomic E-state index is 0.00816. The van der Waals surface area contributed by atoms with E-state index in [1.807, 2.05) is 47.4 Å². The molecule has 2 aliphatic rings. The van der Waals surface area contributed by atoms with Crippen molar-refractivity contribution in [2.45, 2.75) is 38.3 Å². The number of benzene rings is 2. The van der Waals surface area contributed by atoms with Crippen LogP contribution in [-0.4, -0.2) is 37.2 Å². The van der Waals surface area contributed by atoms with E-state index in [-0.39, 0.29) is 12.1 Å². The Morgan fingerprint density at radius 3 is 2.50 bits per heavy atom. The van der Waals surface area contributed by atoms with Crippen LogP contribution < -0.4 is 20.1 Å². The number of hydrogen-bond acceptors (Lipinski definition) is 4. The second kappa shape index (κ2) is 8.00. The molecule has 0 radical (unpaired) electrons. The zero-order valence-corrected chi connectivity index (χ0v) is 16.3. The number of nitrogens with zero attached hydrogens (tertiary/aromatic N) is 2. The third kappa shape index (κ3) is 3.86. The Kier molecular flexibility index (Phi) is 5.28. The number of carbonyl (C=O) groups excluding carboxylic acids is 1. The van der Waals surface area contributed by atoms with Crippen molar-refractivity contribution < 1.29 is 14.3 Å². The van der Waals surface area contributed by atoms with Crippen molar-refractivity contribution in [1.29, 1.82) is 0 Å². The number of nitrogens with two attached hydrogens (primary N) is 1. The molecular formula is C22H27N3O3. The Balaban J connectivity index is 1.49. The standard InChI is InChI=1S/C22H27N3O3/c1-27-20-11-10-18(14-21(20)28-19-4-2-3-5-19)25-13-12-24(22(25)26)15-16-6-8-17(23)9-7-16/h6-11,14,19H,2-5,12-13,15,23H2,1H3. The van der Waals surface area contributed by atoms with Gasteiger partial charge >= 0.3 is 6.03 Å². The van der Waals surface area contributed by atoms with Crippen LogP contribution in [0.1, 0.15) is 31.2 Å². The Labute approximate surface area is 165 Å². The molecule has 1 heterocycles. The molecule has 6 nitrogen and oxygen atoms in total.